The summed E-state index contributed by atoms with van der Waals surface area (Å²) in [6.45, 7) is 2.02. The molecule has 4 nitrogen and oxygen atoms in total. The highest BCUT2D eigenvalue weighted by Crippen LogP contribution is 2.41. The van der Waals surface area contributed by atoms with Gasteiger partial charge >= 0.3 is 0 Å². The van der Waals surface area contributed by atoms with Crippen molar-refractivity contribution >= 4 is 16.6 Å². The SMILES string of the molecule is Cc1nc(-c2cncc3ccccc23)c(N)n1C1CC1. The molecule has 0 saturated heterocycles. The van der Waals surface area contributed by atoms with Crippen molar-refractivity contribution in [2.75, 3.05) is 5.73 Å². The van der Waals surface area contributed by atoms with Gasteiger partial charge in [0, 0.05) is 29.4 Å². The van der Waals surface area contributed by atoms with E-state index in [1.54, 1.807) is 0 Å². The molecule has 1 saturated carbocycles. The molecule has 0 atom stereocenters. The van der Waals surface area contributed by atoms with Crippen LogP contribution >= 0.6 is 0 Å². The van der Waals surface area contributed by atoms with E-state index < -0.39 is 0 Å². The molecular weight excluding hydrogens is 248 g/mol. The molecule has 4 heteroatoms. The predicted octanol–water partition coefficient (Wildman–Crippen LogP) is 3.32. The van der Waals surface area contributed by atoms with Crippen LogP contribution in [0.15, 0.2) is 36.7 Å². The van der Waals surface area contributed by atoms with Crippen molar-refractivity contribution in [3.8, 4) is 11.3 Å². The normalized spacial score (nSPS) is 14.8. The first-order valence-corrected chi connectivity index (χ1v) is 6.93. The van der Waals surface area contributed by atoms with Gasteiger partial charge in [-0.2, -0.15) is 0 Å². The van der Waals surface area contributed by atoms with Gasteiger partial charge in [-0.15, -0.1) is 0 Å². The molecule has 2 aromatic heterocycles. The van der Waals surface area contributed by atoms with Gasteiger partial charge in [0.05, 0.1) is 0 Å². The lowest BCUT2D eigenvalue weighted by Gasteiger charge is -2.06. The number of nitrogens with two attached hydrogens (primary N) is 1. The molecule has 2 N–H and O–H groups in total. The van der Waals surface area contributed by atoms with E-state index in [9.17, 15) is 0 Å². The lowest BCUT2D eigenvalue weighted by atomic mass is 10.1. The molecule has 0 bridgehead atoms. The second-order valence-electron chi connectivity index (χ2n) is 5.40. The average Bonchev–Trinajstić information content (AvgIpc) is 3.25. The number of hydrogen-bond donors (Lipinski definition) is 1. The molecule has 0 amide bonds. The molecule has 1 aliphatic carbocycles. The standard InChI is InChI=1S/C16H16N4/c1-10-19-15(16(17)20(10)12-6-7-12)14-9-18-8-11-4-2-3-5-13(11)14/h2-5,8-9,12H,6-7,17H2,1H3. The number of nitrogen functional groups attached to an aromatic ring is 1. The van der Waals surface area contributed by atoms with Crippen LogP contribution in [0.1, 0.15) is 24.7 Å². The van der Waals surface area contributed by atoms with E-state index in [0.717, 1.165) is 33.7 Å². The van der Waals surface area contributed by atoms with Gasteiger partial charge in [0.1, 0.15) is 17.3 Å². The van der Waals surface area contributed by atoms with Gasteiger partial charge in [-0.3, -0.25) is 4.98 Å². The maximum atomic E-state index is 6.34. The molecule has 0 radical (unpaired) electrons. The van der Waals surface area contributed by atoms with Gasteiger partial charge in [-0.05, 0) is 25.2 Å². The first-order chi connectivity index (χ1) is 9.75. The summed E-state index contributed by atoms with van der Waals surface area (Å²) in [5, 5.41) is 2.26. The van der Waals surface area contributed by atoms with Crippen LogP contribution in [-0.4, -0.2) is 14.5 Å². The molecule has 100 valence electrons. The summed E-state index contributed by atoms with van der Waals surface area (Å²) in [6.07, 6.45) is 6.14. The van der Waals surface area contributed by atoms with E-state index in [0.29, 0.717) is 6.04 Å². The van der Waals surface area contributed by atoms with Crippen molar-refractivity contribution in [1.82, 2.24) is 14.5 Å². The largest absolute Gasteiger partial charge is 0.383 e. The van der Waals surface area contributed by atoms with Crippen LogP contribution in [0.3, 0.4) is 0 Å². The Morgan fingerprint density at radius 1 is 1.20 bits per heavy atom. The molecule has 3 aromatic rings. The van der Waals surface area contributed by atoms with Crippen LogP contribution < -0.4 is 5.73 Å². The molecule has 20 heavy (non-hydrogen) atoms. The Kier molecular flexibility index (Phi) is 2.33. The zero-order chi connectivity index (χ0) is 13.7. The quantitative estimate of drug-likeness (QED) is 0.772. The minimum absolute atomic E-state index is 0.541. The molecule has 0 aliphatic heterocycles. The molecule has 2 heterocycles. The summed E-state index contributed by atoms with van der Waals surface area (Å²) in [7, 11) is 0. The van der Waals surface area contributed by atoms with Crippen molar-refractivity contribution in [3.63, 3.8) is 0 Å². The topological polar surface area (TPSA) is 56.7 Å². The third-order valence-corrected chi connectivity index (χ3v) is 3.96. The highest BCUT2D eigenvalue weighted by Gasteiger charge is 2.29. The first kappa shape index (κ1) is 11.5. The molecule has 0 unspecified atom stereocenters. The zero-order valence-corrected chi connectivity index (χ0v) is 11.4. The summed E-state index contributed by atoms with van der Waals surface area (Å²) in [5.41, 5.74) is 8.22. The van der Waals surface area contributed by atoms with E-state index in [2.05, 4.69) is 26.7 Å². The summed E-state index contributed by atoms with van der Waals surface area (Å²) in [4.78, 5) is 9.01. The number of fused-ring (bicyclic) bond motifs is 1. The van der Waals surface area contributed by atoms with Crippen LogP contribution in [0.5, 0.6) is 0 Å². The third kappa shape index (κ3) is 1.61. The minimum atomic E-state index is 0.541. The summed E-state index contributed by atoms with van der Waals surface area (Å²) in [6, 6.07) is 8.75. The van der Waals surface area contributed by atoms with Gasteiger partial charge < -0.3 is 10.3 Å². The average molecular weight is 264 g/mol. The fraction of sp³-hybridized carbons (Fsp3) is 0.250. The molecule has 1 fully saturated rings. The van der Waals surface area contributed by atoms with Crippen molar-refractivity contribution in [1.29, 1.82) is 0 Å². The molecule has 4 rings (SSSR count). The number of nitrogens with zero attached hydrogens (tertiary/aromatic N) is 3. The molecule has 1 aliphatic rings. The van der Waals surface area contributed by atoms with E-state index in [1.807, 2.05) is 31.5 Å². The third-order valence-electron chi connectivity index (χ3n) is 3.96. The fourth-order valence-electron chi connectivity index (χ4n) is 2.86. The monoisotopic (exact) mass is 264 g/mol. The second-order valence-corrected chi connectivity index (χ2v) is 5.40. The zero-order valence-electron chi connectivity index (χ0n) is 11.4. The number of hydrogen-bond acceptors (Lipinski definition) is 3. The summed E-state index contributed by atoms with van der Waals surface area (Å²) >= 11 is 0. The smallest absolute Gasteiger partial charge is 0.132 e. The van der Waals surface area contributed by atoms with E-state index >= 15 is 0 Å². The molecule has 0 spiro atoms. The van der Waals surface area contributed by atoms with Crippen LogP contribution in [0.4, 0.5) is 5.82 Å². The number of anilines is 1. The van der Waals surface area contributed by atoms with E-state index in [1.165, 1.54) is 12.8 Å². The number of aryl methyl sites for hydroxylation is 1. The van der Waals surface area contributed by atoms with Crippen molar-refractivity contribution in [3.05, 3.63) is 42.5 Å². The van der Waals surface area contributed by atoms with Crippen molar-refractivity contribution in [2.45, 2.75) is 25.8 Å². The van der Waals surface area contributed by atoms with Crippen molar-refractivity contribution in [2.24, 2.45) is 0 Å². The number of pyridine rings is 1. The Morgan fingerprint density at radius 2 is 2.00 bits per heavy atom. The minimum Gasteiger partial charge on any atom is -0.383 e. The van der Waals surface area contributed by atoms with Gasteiger partial charge in [0.25, 0.3) is 0 Å². The van der Waals surface area contributed by atoms with Crippen LogP contribution in [0.2, 0.25) is 0 Å². The Morgan fingerprint density at radius 3 is 2.80 bits per heavy atom. The fourth-order valence-corrected chi connectivity index (χ4v) is 2.86. The summed E-state index contributed by atoms with van der Waals surface area (Å²) in [5.74, 6) is 1.76. The van der Waals surface area contributed by atoms with E-state index in [4.69, 9.17) is 5.73 Å². The Balaban J connectivity index is 1.98. The highest BCUT2D eigenvalue weighted by atomic mass is 15.2. The lowest BCUT2D eigenvalue weighted by Crippen LogP contribution is -2.02. The number of benzene rings is 1. The lowest BCUT2D eigenvalue weighted by molar-refractivity contribution is 0.720. The van der Waals surface area contributed by atoms with Crippen molar-refractivity contribution < 1.29 is 0 Å². The first-order valence-electron chi connectivity index (χ1n) is 6.93. The summed E-state index contributed by atoms with van der Waals surface area (Å²) < 4.78 is 2.16. The van der Waals surface area contributed by atoms with Gasteiger partial charge in [-0.25, -0.2) is 4.98 Å². The number of rotatable bonds is 2. The second kappa shape index (κ2) is 4.07. The maximum absolute atomic E-state index is 6.34. The maximum Gasteiger partial charge on any atom is 0.132 e. The molecular formula is C16H16N4. The van der Waals surface area contributed by atoms with Gasteiger partial charge in [-0.1, -0.05) is 24.3 Å². The van der Waals surface area contributed by atoms with Crippen LogP contribution in [0.25, 0.3) is 22.0 Å². The van der Waals surface area contributed by atoms with Crippen LogP contribution in [-0.2, 0) is 0 Å². The molecule has 1 aromatic carbocycles. The van der Waals surface area contributed by atoms with E-state index in [-0.39, 0.29) is 0 Å². The van der Waals surface area contributed by atoms with Gasteiger partial charge in [0.15, 0.2) is 0 Å². The Labute approximate surface area is 117 Å². The van der Waals surface area contributed by atoms with Crippen LogP contribution in [0, 0.1) is 6.92 Å². The number of aromatic nitrogens is 3. The Hall–Kier alpha value is -2.36. The van der Waals surface area contributed by atoms with Gasteiger partial charge in [0.2, 0.25) is 0 Å². The number of imidazole rings is 1. The Bertz CT molecular complexity index is 794. The predicted molar refractivity (Wildman–Crippen MR) is 80.4 cm³/mol. The highest BCUT2D eigenvalue weighted by molar-refractivity contribution is 5.96.